The van der Waals surface area contributed by atoms with Crippen LogP contribution in [-0.2, 0) is 0 Å². The Labute approximate surface area is 393 Å². The number of fused-ring (bicyclic) bond motifs is 2. The molecule has 0 aliphatic carbocycles. The molecule has 4 heteroatoms. The molecule has 2 unspecified atom stereocenters. The average molecular weight is 863 g/mol. The van der Waals surface area contributed by atoms with E-state index >= 15 is 0 Å². The van der Waals surface area contributed by atoms with Gasteiger partial charge in [0.05, 0.1) is 22.7 Å². The minimum absolute atomic E-state index is 0.261. The molecule has 0 saturated heterocycles. The second-order valence-corrected chi connectivity index (χ2v) is 19.4. The van der Waals surface area contributed by atoms with Gasteiger partial charge in [-0.25, -0.2) is 0 Å². The van der Waals surface area contributed by atoms with Crippen LogP contribution in [0.15, 0.2) is 194 Å². The largest absolute Gasteiger partial charge is 0.314 e. The summed E-state index contributed by atoms with van der Waals surface area (Å²) in [6.07, 6.45) is -0.522. The van der Waals surface area contributed by atoms with Crippen molar-refractivity contribution in [3.05, 3.63) is 216 Å². The zero-order valence-electron chi connectivity index (χ0n) is 39.7. The molecule has 0 fully saturated rings. The first-order valence-corrected chi connectivity index (χ1v) is 24.0. The van der Waals surface area contributed by atoms with Gasteiger partial charge < -0.3 is 19.6 Å². The first-order chi connectivity index (χ1) is 32.0. The Morgan fingerprint density at radius 2 is 0.515 bits per heavy atom. The van der Waals surface area contributed by atoms with Crippen LogP contribution < -0.4 is 19.6 Å². The summed E-state index contributed by atoms with van der Waals surface area (Å²) in [6, 6.07) is 73.3. The maximum Gasteiger partial charge on any atom is 0.151 e. The molecule has 0 saturated carbocycles. The Bertz CT molecular complexity index is 2710. The Morgan fingerprint density at radius 3 is 0.773 bits per heavy atom. The maximum absolute atomic E-state index is 2.64. The lowest BCUT2D eigenvalue weighted by Crippen LogP contribution is -2.58. The van der Waals surface area contributed by atoms with E-state index in [0.29, 0.717) is 23.7 Å². The molecule has 8 aromatic carbocycles. The normalized spacial score (nSPS) is 15.7. The van der Waals surface area contributed by atoms with Gasteiger partial charge in [-0.05, 0) is 141 Å². The third-order valence-corrected chi connectivity index (χ3v) is 13.9. The summed E-state index contributed by atoms with van der Waals surface area (Å²) in [5, 5.41) is 0. The van der Waals surface area contributed by atoms with Gasteiger partial charge >= 0.3 is 0 Å². The molecule has 8 aromatic rings. The highest BCUT2D eigenvalue weighted by Crippen LogP contribution is 2.57. The van der Waals surface area contributed by atoms with Crippen LogP contribution in [0.2, 0.25) is 0 Å². The molecule has 0 amide bonds. The molecule has 2 aliphatic rings. The van der Waals surface area contributed by atoms with E-state index in [2.05, 4.69) is 269 Å². The molecule has 0 N–H and O–H groups in total. The topological polar surface area (TPSA) is 13.0 Å². The Balaban J connectivity index is 1.28. The van der Waals surface area contributed by atoms with Gasteiger partial charge in [0.2, 0.25) is 0 Å². The van der Waals surface area contributed by atoms with Crippen molar-refractivity contribution in [1.29, 1.82) is 0 Å². The van der Waals surface area contributed by atoms with Crippen molar-refractivity contribution in [2.75, 3.05) is 19.6 Å². The molecule has 2 aliphatic heterocycles. The standard InChI is InChI=1S/C62H62N4/c1-41(2)45-19-29-53(30-20-45)63-57-37-27-51(49-15-11-9-12-16-49)39-59(57)65(55-33-23-47(24-34-55)43(5)6)61(63)62-64(54-31-21-46(22-32-54)42(3)4)58-38-28-52(50-17-13-10-14-18-50)40-60(58)66(62)56-35-25-48(26-36-56)44(7)8/h9-44,61-62H,1-8H3. The molecule has 4 nitrogen and oxygen atoms in total. The fourth-order valence-corrected chi connectivity index (χ4v) is 10.0. The molecular formula is C62H62N4. The molecule has 2 atom stereocenters. The first kappa shape index (κ1) is 42.9. The summed E-state index contributed by atoms with van der Waals surface area (Å²) in [4.78, 5) is 10.5. The smallest absolute Gasteiger partial charge is 0.151 e. The van der Waals surface area contributed by atoms with Crippen LogP contribution in [0.5, 0.6) is 0 Å². The summed E-state index contributed by atoms with van der Waals surface area (Å²) >= 11 is 0. The van der Waals surface area contributed by atoms with E-state index in [-0.39, 0.29) is 12.3 Å². The van der Waals surface area contributed by atoms with E-state index in [1.807, 2.05) is 0 Å². The van der Waals surface area contributed by atoms with Crippen molar-refractivity contribution in [3.8, 4) is 22.3 Å². The predicted octanol–water partition coefficient (Wildman–Crippen LogP) is 17.4. The summed E-state index contributed by atoms with van der Waals surface area (Å²) in [6.45, 7) is 18.2. The molecule has 0 radical (unpaired) electrons. The van der Waals surface area contributed by atoms with E-state index in [1.165, 1.54) is 67.3 Å². The van der Waals surface area contributed by atoms with E-state index in [0.717, 1.165) is 22.7 Å². The molecule has 2 heterocycles. The number of hydrogen-bond donors (Lipinski definition) is 0. The quantitative estimate of drug-likeness (QED) is 0.128. The number of anilines is 8. The van der Waals surface area contributed by atoms with Crippen molar-refractivity contribution in [2.24, 2.45) is 0 Å². The Hall–Kier alpha value is -7.04. The summed E-state index contributed by atoms with van der Waals surface area (Å²) in [5.41, 5.74) is 19.4. The number of hydrogen-bond acceptors (Lipinski definition) is 4. The highest BCUT2D eigenvalue weighted by molar-refractivity contribution is 5.96. The van der Waals surface area contributed by atoms with E-state index < -0.39 is 0 Å². The van der Waals surface area contributed by atoms with Crippen LogP contribution in [0.25, 0.3) is 22.3 Å². The van der Waals surface area contributed by atoms with E-state index in [9.17, 15) is 0 Å². The zero-order chi connectivity index (χ0) is 45.6. The monoisotopic (exact) mass is 862 g/mol. The lowest BCUT2D eigenvalue weighted by atomic mass is 10.0. The predicted molar refractivity (Wildman–Crippen MR) is 282 cm³/mol. The van der Waals surface area contributed by atoms with Gasteiger partial charge in [0.25, 0.3) is 0 Å². The molecule has 66 heavy (non-hydrogen) atoms. The lowest BCUT2D eigenvalue weighted by molar-refractivity contribution is 0.549. The van der Waals surface area contributed by atoms with E-state index in [4.69, 9.17) is 0 Å². The summed E-state index contributed by atoms with van der Waals surface area (Å²) in [5.74, 6) is 1.67. The summed E-state index contributed by atoms with van der Waals surface area (Å²) < 4.78 is 0. The lowest BCUT2D eigenvalue weighted by Gasteiger charge is -2.44. The fraction of sp³-hybridized carbons (Fsp3) is 0.226. The van der Waals surface area contributed by atoms with Crippen molar-refractivity contribution in [2.45, 2.75) is 91.4 Å². The molecule has 0 aromatic heterocycles. The molecule has 10 rings (SSSR count). The van der Waals surface area contributed by atoms with E-state index in [1.54, 1.807) is 0 Å². The second kappa shape index (κ2) is 17.7. The van der Waals surface area contributed by atoms with Crippen LogP contribution >= 0.6 is 0 Å². The Kier molecular flexibility index (Phi) is 11.5. The highest BCUT2D eigenvalue weighted by Gasteiger charge is 2.52. The first-order valence-electron chi connectivity index (χ1n) is 24.0. The van der Waals surface area contributed by atoms with Crippen LogP contribution in [0.1, 0.15) is 101 Å². The SMILES string of the molecule is CC(C)c1ccc(N2c3ccc(-c4ccccc4)cc3N(c3ccc(C(C)C)cc3)C2C2N(c3ccc(C(C)C)cc3)c3ccc(-c4ccccc4)cc3N2c2ccc(C(C)C)cc2)cc1. The molecule has 0 spiro atoms. The van der Waals surface area contributed by atoms with Gasteiger partial charge in [0.1, 0.15) is 0 Å². The number of nitrogens with zero attached hydrogens (tertiary/aromatic N) is 4. The fourth-order valence-electron chi connectivity index (χ4n) is 10.0. The molecule has 330 valence electrons. The third-order valence-electron chi connectivity index (χ3n) is 13.9. The van der Waals surface area contributed by atoms with Gasteiger partial charge in [-0.15, -0.1) is 0 Å². The Morgan fingerprint density at radius 1 is 0.258 bits per heavy atom. The molecular weight excluding hydrogens is 801 g/mol. The highest BCUT2D eigenvalue weighted by atomic mass is 15.5. The van der Waals surface area contributed by atoms with Gasteiger partial charge in [-0.3, -0.25) is 0 Å². The minimum Gasteiger partial charge on any atom is -0.314 e. The van der Waals surface area contributed by atoms with Gasteiger partial charge in [0, 0.05) is 22.7 Å². The van der Waals surface area contributed by atoms with Crippen molar-refractivity contribution >= 4 is 45.5 Å². The van der Waals surface area contributed by atoms with Crippen LogP contribution in [0.3, 0.4) is 0 Å². The molecule has 0 bridgehead atoms. The maximum atomic E-state index is 2.64. The third kappa shape index (κ3) is 7.83. The van der Waals surface area contributed by atoms with Gasteiger partial charge in [-0.2, -0.15) is 0 Å². The van der Waals surface area contributed by atoms with Crippen LogP contribution in [0.4, 0.5) is 45.5 Å². The van der Waals surface area contributed by atoms with Gasteiger partial charge in [-0.1, -0.05) is 177 Å². The minimum atomic E-state index is -0.261. The van der Waals surface area contributed by atoms with Crippen LogP contribution in [-0.4, -0.2) is 12.3 Å². The average Bonchev–Trinajstić information content (AvgIpc) is 3.87. The zero-order valence-corrected chi connectivity index (χ0v) is 39.7. The van der Waals surface area contributed by atoms with Crippen molar-refractivity contribution in [3.63, 3.8) is 0 Å². The van der Waals surface area contributed by atoms with Crippen LogP contribution in [0, 0.1) is 0 Å². The van der Waals surface area contributed by atoms with Crippen molar-refractivity contribution in [1.82, 2.24) is 0 Å². The second-order valence-electron chi connectivity index (χ2n) is 19.4. The number of rotatable bonds is 11. The van der Waals surface area contributed by atoms with Gasteiger partial charge in [0.15, 0.2) is 12.3 Å². The number of benzene rings is 8. The van der Waals surface area contributed by atoms with Crippen molar-refractivity contribution < 1.29 is 0 Å². The summed E-state index contributed by atoms with van der Waals surface area (Å²) in [7, 11) is 0.